The van der Waals surface area contributed by atoms with Crippen LogP contribution in [0.4, 0.5) is 13.2 Å². The Morgan fingerprint density at radius 2 is 1.80 bits per heavy atom. The van der Waals surface area contributed by atoms with Gasteiger partial charge in [-0.1, -0.05) is 20.8 Å². The van der Waals surface area contributed by atoms with E-state index in [0.717, 1.165) is 6.07 Å². The second kappa shape index (κ2) is 5.30. The number of Topliss-reactive ketones (excluding diaryl/α,β-unsaturated/α-hetero) is 1. The lowest BCUT2D eigenvalue weighted by Gasteiger charge is -2.16. The molecule has 1 aromatic heterocycles. The summed E-state index contributed by atoms with van der Waals surface area (Å²) in [6.45, 7) is 5.95. The summed E-state index contributed by atoms with van der Waals surface area (Å²) in [4.78, 5) is 23.4. The Labute approximate surface area is 114 Å². The molecule has 0 aliphatic heterocycles. The molecule has 0 aliphatic carbocycles. The predicted molar refractivity (Wildman–Crippen MR) is 65.2 cm³/mol. The number of alkyl halides is 3. The van der Waals surface area contributed by atoms with Crippen LogP contribution in [-0.4, -0.2) is 18.2 Å². The number of carbonyl (C=O) groups is 2. The molecule has 0 aromatic carbocycles. The van der Waals surface area contributed by atoms with E-state index in [1.54, 1.807) is 20.8 Å². The van der Waals surface area contributed by atoms with Crippen LogP contribution in [0.2, 0.25) is 0 Å². The molecule has 0 unspecified atom stereocenters. The quantitative estimate of drug-likeness (QED) is 0.931. The highest BCUT2D eigenvalue weighted by atomic mass is 19.4. The van der Waals surface area contributed by atoms with Crippen LogP contribution in [0, 0.1) is 12.3 Å². The van der Waals surface area contributed by atoms with Crippen LogP contribution in [0.5, 0.6) is 0 Å². The highest BCUT2D eigenvalue weighted by Gasteiger charge is 2.40. The zero-order chi connectivity index (χ0) is 15.7. The first kappa shape index (κ1) is 16.3. The molecule has 1 heterocycles. The molecule has 1 rings (SSSR count). The van der Waals surface area contributed by atoms with Crippen LogP contribution >= 0.6 is 0 Å². The Morgan fingerprint density at radius 3 is 2.25 bits per heavy atom. The normalized spacial score (nSPS) is 12.3. The highest BCUT2D eigenvalue weighted by molar-refractivity contribution is 5.98. The molecular weight excluding hydrogens is 275 g/mol. The Morgan fingerprint density at radius 1 is 1.25 bits per heavy atom. The lowest BCUT2D eigenvalue weighted by molar-refractivity contribution is -0.153. The van der Waals surface area contributed by atoms with Gasteiger partial charge in [0.2, 0.25) is 5.76 Å². The fourth-order valence-corrected chi connectivity index (χ4v) is 1.41. The van der Waals surface area contributed by atoms with Crippen molar-refractivity contribution in [2.24, 2.45) is 5.41 Å². The van der Waals surface area contributed by atoms with Crippen molar-refractivity contribution in [2.75, 3.05) is 6.54 Å². The molecule has 0 aliphatic rings. The van der Waals surface area contributed by atoms with Crippen LogP contribution in [0.1, 0.15) is 42.6 Å². The number of nitrogens with one attached hydrogen (secondary N) is 1. The molecule has 0 radical (unpaired) electrons. The summed E-state index contributed by atoms with van der Waals surface area (Å²) >= 11 is 0. The summed E-state index contributed by atoms with van der Waals surface area (Å²) in [7, 11) is 0. The summed E-state index contributed by atoms with van der Waals surface area (Å²) in [5.74, 6) is -2.63. The Balaban J connectivity index is 2.87. The van der Waals surface area contributed by atoms with Gasteiger partial charge in [0.1, 0.15) is 5.76 Å². The number of aryl methyl sites for hydroxylation is 1. The van der Waals surface area contributed by atoms with Crippen LogP contribution in [0.3, 0.4) is 0 Å². The van der Waals surface area contributed by atoms with E-state index >= 15 is 0 Å². The summed E-state index contributed by atoms with van der Waals surface area (Å²) in [6.07, 6.45) is -4.75. The van der Waals surface area contributed by atoms with Crippen molar-refractivity contribution in [3.8, 4) is 0 Å². The van der Waals surface area contributed by atoms with Crippen molar-refractivity contribution >= 4 is 11.7 Å². The van der Waals surface area contributed by atoms with Gasteiger partial charge >= 0.3 is 6.18 Å². The summed E-state index contributed by atoms with van der Waals surface area (Å²) < 4.78 is 42.5. The highest BCUT2D eigenvalue weighted by Crippen LogP contribution is 2.33. The van der Waals surface area contributed by atoms with Crippen molar-refractivity contribution in [1.82, 2.24) is 5.32 Å². The number of carbonyl (C=O) groups excluding carboxylic acids is 2. The van der Waals surface area contributed by atoms with Crippen LogP contribution in [0.25, 0.3) is 0 Å². The number of halogens is 3. The zero-order valence-electron chi connectivity index (χ0n) is 11.6. The minimum Gasteiger partial charge on any atom is -0.456 e. The van der Waals surface area contributed by atoms with Gasteiger partial charge in [0.25, 0.3) is 5.91 Å². The number of hydrogen-bond donors (Lipinski definition) is 1. The topological polar surface area (TPSA) is 59.3 Å². The van der Waals surface area contributed by atoms with E-state index in [2.05, 4.69) is 9.73 Å². The van der Waals surface area contributed by atoms with Gasteiger partial charge in [-0.2, -0.15) is 13.2 Å². The molecule has 112 valence electrons. The van der Waals surface area contributed by atoms with Crippen LogP contribution in [-0.2, 0) is 11.0 Å². The maximum absolute atomic E-state index is 12.7. The molecule has 7 heteroatoms. The van der Waals surface area contributed by atoms with Gasteiger partial charge in [0, 0.05) is 5.41 Å². The molecule has 20 heavy (non-hydrogen) atoms. The Bertz CT molecular complexity index is 524. The summed E-state index contributed by atoms with van der Waals surface area (Å²) in [5, 5.41) is 2.18. The SMILES string of the molecule is Cc1cc(C(=O)NCC(=O)C(C)(C)C)c(C(F)(F)F)o1. The van der Waals surface area contributed by atoms with E-state index in [0.29, 0.717) is 0 Å². The van der Waals surface area contributed by atoms with Gasteiger partial charge in [-0.15, -0.1) is 0 Å². The summed E-state index contributed by atoms with van der Waals surface area (Å²) in [5.41, 5.74) is -1.29. The molecule has 0 spiro atoms. The van der Waals surface area contributed by atoms with Gasteiger partial charge in [0.05, 0.1) is 12.1 Å². The van der Waals surface area contributed by atoms with Gasteiger partial charge in [-0.05, 0) is 13.0 Å². The number of hydrogen-bond acceptors (Lipinski definition) is 3. The van der Waals surface area contributed by atoms with Gasteiger partial charge in [0.15, 0.2) is 5.78 Å². The minimum absolute atomic E-state index is 0.0235. The van der Waals surface area contributed by atoms with Crippen molar-refractivity contribution in [2.45, 2.75) is 33.9 Å². The number of furan rings is 1. The van der Waals surface area contributed by atoms with Crippen LogP contribution in [0.15, 0.2) is 10.5 Å². The predicted octanol–water partition coefficient (Wildman–Crippen LogP) is 2.95. The molecule has 4 nitrogen and oxygen atoms in total. The first-order chi connectivity index (χ1) is 8.93. The van der Waals surface area contributed by atoms with Gasteiger partial charge in [-0.3, -0.25) is 9.59 Å². The third-order valence-electron chi connectivity index (χ3n) is 2.60. The molecule has 0 fully saturated rings. The monoisotopic (exact) mass is 291 g/mol. The second-order valence-electron chi connectivity index (χ2n) is 5.45. The number of rotatable bonds is 3. The van der Waals surface area contributed by atoms with E-state index in [1.807, 2.05) is 0 Å². The average Bonchev–Trinajstić information content (AvgIpc) is 2.66. The molecule has 1 N–H and O–H groups in total. The molecule has 0 bridgehead atoms. The molecule has 1 amide bonds. The van der Waals surface area contributed by atoms with Crippen molar-refractivity contribution in [3.63, 3.8) is 0 Å². The third kappa shape index (κ3) is 3.85. The minimum atomic E-state index is -4.75. The molecular formula is C13H16F3NO3. The Hall–Kier alpha value is -1.79. The third-order valence-corrected chi connectivity index (χ3v) is 2.60. The van der Waals surface area contributed by atoms with E-state index in [1.165, 1.54) is 6.92 Å². The largest absolute Gasteiger partial charge is 0.456 e. The maximum atomic E-state index is 12.7. The van der Waals surface area contributed by atoms with E-state index in [9.17, 15) is 22.8 Å². The molecule has 0 atom stereocenters. The summed E-state index contributed by atoms with van der Waals surface area (Å²) in [6, 6.07) is 1.000. The first-order valence-electron chi connectivity index (χ1n) is 5.92. The van der Waals surface area contributed by atoms with E-state index < -0.39 is 28.8 Å². The first-order valence-corrected chi connectivity index (χ1v) is 5.92. The van der Waals surface area contributed by atoms with Gasteiger partial charge in [-0.25, -0.2) is 0 Å². The smallest absolute Gasteiger partial charge is 0.450 e. The fourth-order valence-electron chi connectivity index (χ4n) is 1.41. The average molecular weight is 291 g/mol. The maximum Gasteiger partial charge on any atom is 0.450 e. The van der Waals surface area contributed by atoms with Crippen molar-refractivity contribution < 1.29 is 27.2 Å². The number of amides is 1. The molecule has 1 aromatic rings. The molecule has 0 saturated heterocycles. The van der Waals surface area contributed by atoms with Gasteiger partial charge < -0.3 is 9.73 Å². The fraction of sp³-hybridized carbons (Fsp3) is 0.538. The number of ketones is 1. The lowest BCUT2D eigenvalue weighted by Crippen LogP contribution is -2.36. The van der Waals surface area contributed by atoms with E-state index in [4.69, 9.17) is 0 Å². The van der Waals surface area contributed by atoms with Crippen LogP contribution < -0.4 is 5.32 Å². The standard InChI is InChI=1S/C13H16F3NO3/c1-7-5-8(10(20-7)13(14,15)16)11(19)17-6-9(18)12(2,3)4/h5H,6H2,1-4H3,(H,17,19). The van der Waals surface area contributed by atoms with E-state index in [-0.39, 0.29) is 18.1 Å². The van der Waals surface area contributed by atoms with Crippen molar-refractivity contribution in [3.05, 3.63) is 23.2 Å². The van der Waals surface area contributed by atoms with Crippen molar-refractivity contribution in [1.29, 1.82) is 0 Å². The Kier molecular flexibility index (Phi) is 4.31. The zero-order valence-corrected chi connectivity index (χ0v) is 11.6. The molecule has 0 saturated carbocycles. The lowest BCUT2D eigenvalue weighted by atomic mass is 9.91. The second-order valence-corrected chi connectivity index (χ2v) is 5.45.